The zero-order valence-electron chi connectivity index (χ0n) is 8.12. The minimum Gasteiger partial charge on any atom is -0.298 e. The van der Waals surface area contributed by atoms with E-state index in [1.807, 2.05) is 5.40 Å². The summed E-state index contributed by atoms with van der Waals surface area (Å²) in [6.07, 6.45) is 2.92. The van der Waals surface area contributed by atoms with Gasteiger partial charge in [0.2, 0.25) is 0 Å². The van der Waals surface area contributed by atoms with Gasteiger partial charge in [-0.05, 0) is 36.9 Å². The van der Waals surface area contributed by atoms with Crippen LogP contribution in [-0.2, 0) is 4.79 Å². The van der Waals surface area contributed by atoms with Gasteiger partial charge in [0.25, 0.3) is 0 Å². The molecule has 0 aromatic heterocycles. The number of Topliss-reactive ketones (excluding diaryl/α,β-unsaturated/α-hetero) is 1. The molecule has 1 unspecified atom stereocenters. The van der Waals surface area contributed by atoms with Gasteiger partial charge < -0.3 is 0 Å². The maximum absolute atomic E-state index is 11.7. The number of nitrogens with zero attached hydrogens (tertiary/aromatic N) is 1. The van der Waals surface area contributed by atoms with E-state index in [-0.39, 0.29) is 11.2 Å². The quantitative estimate of drug-likeness (QED) is 0.636. The Morgan fingerprint density at radius 2 is 2.23 bits per heavy atom. The number of hydrogen-bond donors (Lipinski definition) is 0. The lowest BCUT2D eigenvalue weighted by Gasteiger charge is -2.13. The molecule has 1 saturated carbocycles. The summed E-state index contributed by atoms with van der Waals surface area (Å²) in [5.74, 6) is 1.08. The lowest BCUT2D eigenvalue weighted by atomic mass is 10.0. The third-order valence-corrected chi connectivity index (χ3v) is 2.99. The Morgan fingerprint density at radius 3 is 2.62 bits per heavy atom. The highest BCUT2D eigenvalue weighted by Gasteiger charge is 2.35. The first kappa shape index (κ1) is 10.6. The van der Waals surface area contributed by atoms with Crippen LogP contribution < -0.4 is 0 Å². The number of thioether (sulfide) groups is 1. The van der Waals surface area contributed by atoms with Crippen LogP contribution in [0, 0.1) is 22.5 Å². The average Bonchev–Trinajstić information content (AvgIpc) is 2.84. The van der Waals surface area contributed by atoms with Crippen molar-refractivity contribution in [2.24, 2.45) is 11.8 Å². The van der Waals surface area contributed by atoms with Crippen molar-refractivity contribution in [2.45, 2.75) is 38.4 Å². The maximum atomic E-state index is 11.7. The zero-order chi connectivity index (χ0) is 9.84. The summed E-state index contributed by atoms with van der Waals surface area (Å²) in [7, 11) is 0. The van der Waals surface area contributed by atoms with Crippen molar-refractivity contribution in [2.75, 3.05) is 0 Å². The first-order chi connectivity index (χ1) is 6.15. The monoisotopic (exact) mass is 197 g/mol. The molecule has 2 nitrogen and oxygen atoms in total. The first-order valence-electron chi connectivity index (χ1n) is 4.73. The Bertz CT molecular complexity index is 228. The molecule has 1 atom stereocenters. The number of carbonyl (C=O) groups excluding carboxylic acids is 1. The SMILES string of the molecule is CC(C)CC(SC#N)C(=O)C1CC1. The topological polar surface area (TPSA) is 40.9 Å². The number of nitriles is 1. The van der Waals surface area contributed by atoms with Gasteiger partial charge in [0.05, 0.1) is 5.25 Å². The largest absolute Gasteiger partial charge is 0.298 e. The molecule has 1 aliphatic rings. The van der Waals surface area contributed by atoms with Gasteiger partial charge in [0, 0.05) is 5.92 Å². The molecule has 0 bridgehead atoms. The molecule has 0 aliphatic heterocycles. The molecule has 1 fully saturated rings. The highest BCUT2D eigenvalue weighted by atomic mass is 32.2. The second-order valence-electron chi connectivity index (χ2n) is 4.00. The smallest absolute Gasteiger partial charge is 0.149 e. The van der Waals surface area contributed by atoms with E-state index in [0.29, 0.717) is 11.7 Å². The molecule has 1 aliphatic carbocycles. The molecule has 1 rings (SSSR count). The van der Waals surface area contributed by atoms with Crippen LogP contribution in [0.5, 0.6) is 0 Å². The van der Waals surface area contributed by atoms with E-state index >= 15 is 0 Å². The molecule has 72 valence electrons. The van der Waals surface area contributed by atoms with Crippen molar-refractivity contribution in [3.63, 3.8) is 0 Å². The molecule has 0 saturated heterocycles. The second-order valence-corrected chi connectivity index (χ2v) is 4.99. The van der Waals surface area contributed by atoms with E-state index in [2.05, 4.69) is 13.8 Å². The summed E-state index contributed by atoms with van der Waals surface area (Å²) in [5.41, 5.74) is 0. The third-order valence-electron chi connectivity index (χ3n) is 2.18. The number of hydrogen-bond acceptors (Lipinski definition) is 3. The first-order valence-corrected chi connectivity index (χ1v) is 5.61. The zero-order valence-corrected chi connectivity index (χ0v) is 8.93. The fourth-order valence-electron chi connectivity index (χ4n) is 1.34. The molecule has 3 heteroatoms. The fourth-order valence-corrected chi connectivity index (χ4v) is 2.26. The van der Waals surface area contributed by atoms with Gasteiger partial charge in [0.15, 0.2) is 0 Å². The number of thiocyanates is 1. The summed E-state index contributed by atoms with van der Waals surface area (Å²) in [6.45, 7) is 4.18. The molecule has 0 spiro atoms. The lowest BCUT2D eigenvalue weighted by molar-refractivity contribution is -0.119. The van der Waals surface area contributed by atoms with E-state index in [1.54, 1.807) is 0 Å². The predicted molar refractivity (Wildman–Crippen MR) is 54.2 cm³/mol. The van der Waals surface area contributed by atoms with Gasteiger partial charge in [-0.2, -0.15) is 5.26 Å². The van der Waals surface area contributed by atoms with Crippen LogP contribution in [0.1, 0.15) is 33.1 Å². The molecular weight excluding hydrogens is 182 g/mol. The van der Waals surface area contributed by atoms with Crippen LogP contribution in [0.3, 0.4) is 0 Å². The third kappa shape index (κ3) is 3.40. The van der Waals surface area contributed by atoms with E-state index in [4.69, 9.17) is 5.26 Å². The Hall–Kier alpha value is -0.490. The van der Waals surface area contributed by atoms with Crippen LogP contribution in [0.25, 0.3) is 0 Å². The van der Waals surface area contributed by atoms with Crippen molar-refractivity contribution in [1.29, 1.82) is 5.26 Å². The second kappa shape index (κ2) is 4.66. The van der Waals surface area contributed by atoms with Gasteiger partial charge >= 0.3 is 0 Å². The Balaban J connectivity index is 2.45. The van der Waals surface area contributed by atoms with E-state index in [9.17, 15) is 4.79 Å². The molecule has 0 amide bonds. The molecule has 0 radical (unpaired) electrons. The Morgan fingerprint density at radius 1 is 1.62 bits per heavy atom. The maximum Gasteiger partial charge on any atom is 0.149 e. The number of carbonyl (C=O) groups is 1. The van der Waals surface area contributed by atoms with Crippen LogP contribution >= 0.6 is 11.8 Å². The molecule has 0 heterocycles. The molecule has 0 N–H and O–H groups in total. The van der Waals surface area contributed by atoms with Crippen molar-refractivity contribution in [3.8, 4) is 5.40 Å². The van der Waals surface area contributed by atoms with Gasteiger partial charge in [-0.25, -0.2) is 0 Å². The van der Waals surface area contributed by atoms with Crippen molar-refractivity contribution in [1.82, 2.24) is 0 Å². The summed E-state index contributed by atoms with van der Waals surface area (Å²) in [5, 5.41) is 10.5. The van der Waals surface area contributed by atoms with Crippen LogP contribution in [0.2, 0.25) is 0 Å². The Labute approximate surface area is 83.7 Å². The summed E-state index contributed by atoms with van der Waals surface area (Å²) >= 11 is 1.14. The van der Waals surface area contributed by atoms with Crippen LogP contribution in [0.4, 0.5) is 0 Å². The van der Waals surface area contributed by atoms with Crippen LogP contribution in [-0.4, -0.2) is 11.0 Å². The highest BCUT2D eigenvalue weighted by molar-refractivity contribution is 8.04. The summed E-state index contributed by atoms with van der Waals surface area (Å²) in [6, 6.07) is 0. The normalized spacial score (nSPS) is 18.3. The highest BCUT2D eigenvalue weighted by Crippen LogP contribution is 2.35. The van der Waals surface area contributed by atoms with Gasteiger partial charge in [-0.3, -0.25) is 4.79 Å². The standard InChI is InChI=1S/C10H15NOS/c1-7(2)5-9(13-6-11)10(12)8-3-4-8/h7-9H,3-5H2,1-2H3. The summed E-state index contributed by atoms with van der Waals surface area (Å²) in [4.78, 5) is 11.7. The van der Waals surface area contributed by atoms with Crippen molar-refractivity contribution >= 4 is 17.5 Å². The van der Waals surface area contributed by atoms with Crippen molar-refractivity contribution in [3.05, 3.63) is 0 Å². The van der Waals surface area contributed by atoms with Gasteiger partial charge in [0.1, 0.15) is 11.2 Å². The molecule has 0 aromatic carbocycles. The minimum absolute atomic E-state index is 0.0718. The van der Waals surface area contributed by atoms with Gasteiger partial charge in [-0.1, -0.05) is 13.8 Å². The van der Waals surface area contributed by atoms with E-state index in [1.165, 1.54) is 0 Å². The average molecular weight is 197 g/mol. The van der Waals surface area contributed by atoms with Crippen LogP contribution in [0.15, 0.2) is 0 Å². The van der Waals surface area contributed by atoms with Gasteiger partial charge in [-0.15, -0.1) is 0 Å². The molecule has 13 heavy (non-hydrogen) atoms. The molecule has 0 aromatic rings. The number of rotatable bonds is 5. The Kier molecular flexibility index (Phi) is 3.80. The van der Waals surface area contributed by atoms with Crippen molar-refractivity contribution < 1.29 is 4.79 Å². The van der Waals surface area contributed by atoms with E-state index < -0.39 is 0 Å². The lowest BCUT2D eigenvalue weighted by Crippen LogP contribution is -2.20. The number of ketones is 1. The summed E-state index contributed by atoms with van der Waals surface area (Å²) < 4.78 is 0. The predicted octanol–water partition coefficient (Wildman–Crippen LogP) is 2.59. The minimum atomic E-state index is -0.0718. The van der Waals surface area contributed by atoms with E-state index in [0.717, 1.165) is 31.0 Å². The fraction of sp³-hybridized carbons (Fsp3) is 0.800. The molecular formula is C10H15NOS.